The Balaban J connectivity index is 2.43. The van der Waals surface area contributed by atoms with Crippen molar-refractivity contribution in [3.8, 4) is 0 Å². The maximum Gasteiger partial charge on any atom is 0.309 e. The molecule has 2 atom stereocenters. The second-order valence-corrected chi connectivity index (χ2v) is 4.74. The molecule has 1 aliphatic heterocycles. The van der Waals surface area contributed by atoms with Crippen molar-refractivity contribution >= 4 is 11.9 Å². The summed E-state index contributed by atoms with van der Waals surface area (Å²) >= 11 is 0. The van der Waals surface area contributed by atoms with Gasteiger partial charge in [-0.05, 0) is 18.6 Å². The van der Waals surface area contributed by atoms with Gasteiger partial charge in [0.05, 0.1) is 12.0 Å². The molecule has 108 valence electrons. The van der Waals surface area contributed by atoms with E-state index in [1.165, 1.54) is 23.1 Å². The molecule has 1 fully saturated rings. The van der Waals surface area contributed by atoms with Crippen LogP contribution in [0.25, 0.3) is 0 Å². The molecule has 0 radical (unpaired) electrons. The van der Waals surface area contributed by atoms with Gasteiger partial charge in [0.25, 0.3) is 6.43 Å². The van der Waals surface area contributed by atoms with Crippen molar-refractivity contribution in [2.45, 2.75) is 25.8 Å². The monoisotopic (exact) mass is 283 g/mol. The zero-order chi connectivity index (χ0) is 14.9. The fourth-order valence-electron chi connectivity index (χ4n) is 2.68. The van der Waals surface area contributed by atoms with Crippen LogP contribution in [0.1, 0.15) is 36.9 Å². The second-order valence-electron chi connectivity index (χ2n) is 4.74. The molecule has 4 nitrogen and oxygen atoms in total. The Labute approximate surface area is 115 Å². The van der Waals surface area contributed by atoms with Crippen LogP contribution < -0.4 is 0 Å². The second kappa shape index (κ2) is 5.56. The van der Waals surface area contributed by atoms with E-state index in [0.717, 1.165) is 0 Å². The van der Waals surface area contributed by atoms with Crippen molar-refractivity contribution in [2.24, 2.45) is 5.92 Å². The van der Waals surface area contributed by atoms with Crippen LogP contribution in [0, 0.1) is 5.92 Å². The number of halogens is 2. The van der Waals surface area contributed by atoms with E-state index < -0.39 is 24.4 Å². The van der Waals surface area contributed by atoms with Gasteiger partial charge in [-0.25, -0.2) is 8.78 Å². The van der Waals surface area contributed by atoms with E-state index in [2.05, 4.69) is 0 Å². The van der Waals surface area contributed by atoms with Crippen molar-refractivity contribution in [2.75, 3.05) is 6.54 Å². The van der Waals surface area contributed by atoms with Gasteiger partial charge < -0.3 is 10.0 Å². The summed E-state index contributed by atoms with van der Waals surface area (Å²) in [4.78, 5) is 24.6. The fourth-order valence-corrected chi connectivity index (χ4v) is 2.68. The Morgan fingerprint density at radius 1 is 1.50 bits per heavy atom. The molecule has 1 heterocycles. The normalized spacial score (nSPS) is 22.6. The van der Waals surface area contributed by atoms with Crippen molar-refractivity contribution in [1.29, 1.82) is 0 Å². The molecule has 0 spiro atoms. The van der Waals surface area contributed by atoms with Gasteiger partial charge in [-0.2, -0.15) is 0 Å². The van der Waals surface area contributed by atoms with E-state index >= 15 is 0 Å². The molecule has 0 saturated carbocycles. The third-order valence-corrected chi connectivity index (χ3v) is 3.59. The largest absolute Gasteiger partial charge is 0.481 e. The summed E-state index contributed by atoms with van der Waals surface area (Å²) in [5, 5.41) is 9.23. The number of likely N-dealkylation sites (tertiary alicyclic amines) is 1. The number of carbonyl (C=O) groups excluding carboxylic acids is 1. The zero-order valence-electron chi connectivity index (χ0n) is 10.9. The molecule has 2 unspecified atom stereocenters. The quantitative estimate of drug-likeness (QED) is 0.924. The lowest BCUT2D eigenvalue weighted by Crippen LogP contribution is -2.30. The predicted molar refractivity (Wildman–Crippen MR) is 67.3 cm³/mol. The van der Waals surface area contributed by atoms with Crippen molar-refractivity contribution in [3.05, 3.63) is 35.4 Å². The number of carbonyl (C=O) groups is 2. The van der Waals surface area contributed by atoms with E-state index in [1.807, 2.05) is 0 Å². The minimum absolute atomic E-state index is 0.0905. The lowest BCUT2D eigenvalue weighted by molar-refractivity contribution is -0.142. The lowest BCUT2D eigenvalue weighted by Gasteiger charge is -2.26. The van der Waals surface area contributed by atoms with E-state index in [-0.39, 0.29) is 17.9 Å². The smallest absolute Gasteiger partial charge is 0.309 e. The van der Waals surface area contributed by atoms with E-state index in [0.29, 0.717) is 12.1 Å². The average Bonchev–Trinajstić information content (AvgIpc) is 2.75. The van der Waals surface area contributed by atoms with Crippen LogP contribution in [0.4, 0.5) is 8.78 Å². The number of rotatable bonds is 4. The molecule has 1 aromatic carbocycles. The van der Waals surface area contributed by atoms with E-state index in [1.54, 1.807) is 13.0 Å². The number of aliphatic carboxylic acids is 1. The van der Waals surface area contributed by atoms with Crippen LogP contribution in [0.3, 0.4) is 0 Å². The molecule has 1 amide bonds. The topological polar surface area (TPSA) is 57.6 Å². The number of hydrogen-bond acceptors (Lipinski definition) is 2. The molecular formula is C14H15F2NO3. The van der Waals surface area contributed by atoms with Crippen LogP contribution in [-0.4, -0.2) is 28.4 Å². The fraction of sp³-hybridized carbons (Fsp3) is 0.429. The van der Waals surface area contributed by atoms with Gasteiger partial charge in [0.15, 0.2) is 0 Å². The SMILES string of the molecule is CCN1C(=O)CC(C(=O)O)C1c1cccc(C(F)F)c1. The summed E-state index contributed by atoms with van der Waals surface area (Å²) in [6.45, 7) is 2.10. The Morgan fingerprint density at radius 2 is 2.20 bits per heavy atom. The van der Waals surface area contributed by atoms with Gasteiger partial charge in [0.1, 0.15) is 0 Å². The van der Waals surface area contributed by atoms with E-state index in [4.69, 9.17) is 0 Å². The lowest BCUT2D eigenvalue weighted by atomic mass is 9.92. The number of carboxylic acids is 1. The molecule has 2 rings (SSSR count). The molecule has 6 heteroatoms. The molecule has 0 bridgehead atoms. The van der Waals surface area contributed by atoms with Crippen molar-refractivity contribution < 1.29 is 23.5 Å². The Bertz CT molecular complexity index is 533. The maximum absolute atomic E-state index is 12.7. The summed E-state index contributed by atoms with van der Waals surface area (Å²) in [7, 11) is 0. The Kier molecular flexibility index (Phi) is 4.01. The average molecular weight is 283 g/mol. The number of nitrogens with zero attached hydrogens (tertiary/aromatic N) is 1. The van der Waals surface area contributed by atoms with Gasteiger partial charge in [0.2, 0.25) is 5.91 Å². The van der Waals surface area contributed by atoms with Crippen LogP contribution in [0.2, 0.25) is 0 Å². The zero-order valence-corrected chi connectivity index (χ0v) is 10.9. The molecule has 1 N–H and O–H groups in total. The van der Waals surface area contributed by atoms with Crippen LogP contribution in [-0.2, 0) is 9.59 Å². The van der Waals surface area contributed by atoms with Crippen LogP contribution in [0.15, 0.2) is 24.3 Å². The number of benzene rings is 1. The standard InChI is InChI=1S/C14H15F2NO3/c1-2-17-11(18)7-10(14(19)20)12(17)8-4-3-5-9(6-8)13(15)16/h3-6,10,12-13H,2,7H2,1H3,(H,19,20). The number of amides is 1. The summed E-state index contributed by atoms with van der Waals surface area (Å²) in [5.74, 6) is -2.23. The van der Waals surface area contributed by atoms with Crippen LogP contribution in [0.5, 0.6) is 0 Å². The van der Waals surface area contributed by atoms with Gasteiger partial charge in [-0.1, -0.05) is 18.2 Å². The summed E-state index contributed by atoms with van der Waals surface area (Å²) in [6, 6.07) is 4.95. The number of hydrogen-bond donors (Lipinski definition) is 1. The van der Waals surface area contributed by atoms with Gasteiger partial charge >= 0.3 is 5.97 Å². The first kappa shape index (κ1) is 14.4. The summed E-state index contributed by atoms with van der Waals surface area (Å²) in [6.07, 6.45) is -2.71. The first-order valence-electron chi connectivity index (χ1n) is 6.36. The minimum Gasteiger partial charge on any atom is -0.481 e. The molecule has 20 heavy (non-hydrogen) atoms. The first-order chi connectivity index (χ1) is 9.45. The highest BCUT2D eigenvalue weighted by atomic mass is 19.3. The van der Waals surface area contributed by atoms with Gasteiger partial charge in [-0.3, -0.25) is 9.59 Å². The van der Waals surface area contributed by atoms with Gasteiger partial charge in [-0.15, -0.1) is 0 Å². The molecule has 0 aliphatic carbocycles. The Hall–Kier alpha value is -1.98. The molecule has 1 aliphatic rings. The number of carboxylic acid groups (broad SMARTS) is 1. The third-order valence-electron chi connectivity index (χ3n) is 3.59. The third kappa shape index (κ3) is 2.50. The molecule has 1 aromatic rings. The van der Waals surface area contributed by atoms with E-state index in [9.17, 15) is 23.5 Å². The Morgan fingerprint density at radius 3 is 2.75 bits per heavy atom. The van der Waals surface area contributed by atoms with Crippen molar-refractivity contribution in [3.63, 3.8) is 0 Å². The highest BCUT2D eigenvalue weighted by molar-refractivity contribution is 5.87. The van der Waals surface area contributed by atoms with Crippen molar-refractivity contribution in [1.82, 2.24) is 4.90 Å². The van der Waals surface area contributed by atoms with Crippen LogP contribution >= 0.6 is 0 Å². The first-order valence-corrected chi connectivity index (χ1v) is 6.36. The predicted octanol–water partition coefficient (Wildman–Crippen LogP) is 2.62. The number of alkyl halides is 2. The molecule has 0 aromatic heterocycles. The maximum atomic E-state index is 12.7. The minimum atomic E-state index is -2.62. The summed E-state index contributed by atoms with van der Waals surface area (Å²) in [5.41, 5.74) is 0.282. The highest BCUT2D eigenvalue weighted by Crippen LogP contribution is 2.39. The van der Waals surface area contributed by atoms with Gasteiger partial charge in [0, 0.05) is 18.5 Å². The summed E-state index contributed by atoms with van der Waals surface area (Å²) < 4.78 is 25.5. The highest BCUT2D eigenvalue weighted by Gasteiger charge is 2.43. The molecular weight excluding hydrogens is 268 g/mol. The molecule has 1 saturated heterocycles.